The number of hydrogen-bond donors (Lipinski definition) is 1. The summed E-state index contributed by atoms with van der Waals surface area (Å²) in [6.45, 7) is 2.23. The molecule has 2 saturated heterocycles. The van der Waals surface area contributed by atoms with Gasteiger partial charge in [0.25, 0.3) is 0 Å². The second-order valence-electron chi connectivity index (χ2n) is 4.54. The SMILES string of the molecule is O=C1O[C@@]2(CCNC2)CN1c1cccc(Cl)c1. The minimum Gasteiger partial charge on any atom is -0.439 e. The first-order valence-corrected chi connectivity index (χ1v) is 6.03. The van der Waals surface area contributed by atoms with Crippen molar-refractivity contribution >= 4 is 23.4 Å². The fourth-order valence-corrected chi connectivity index (χ4v) is 2.59. The Labute approximate surface area is 104 Å². The van der Waals surface area contributed by atoms with Crippen LogP contribution < -0.4 is 10.2 Å². The van der Waals surface area contributed by atoms with Crippen LogP contribution in [0.5, 0.6) is 0 Å². The van der Waals surface area contributed by atoms with Gasteiger partial charge >= 0.3 is 6.09 Å². The summed E-state index contributed by atoms with van der Waals surface area (Å²) in [5.74, 6) is 0. The van der Waals surface area contributed by atoms with Gasteiger partial charge in [-0.3, -0.25) is 4.90 Å². The van der Waals surface area contributed by atoms with E-state index in [1.165, 1.54) is 0 Å². The van der Waals surface area contributed by atoms with E-state index < -0.39 is 0 Å². The van der Waals surface area contributed by atoms with Gasteiger partial charge in [0.05, 0.1) is 6.54 Å². The standard InChI is InChI=1S/C12H13ClN2O2/c13-9-2-1-3-10(6-9)15-8-12(17-11(15)16)4-5-14-7-12/h1-3,6,14H,4-5,7-8H2/t12-/m1/s1. The van der Waals surface area contributed by atoms with Gasteiger partial charge in [0, 0.05) is 23.7 Å². The molecule has 3 rings (SSSR count). The van der Waals surface area contributed by atoms with Crippen LogP contribution in [0, 0.1) is 0 Å². The van der Waals surface area contributed by atoms with Gasteiger partial charge in [0.15, 0.2) is 0 Å². The Morgan fingerprint density at radius 2 is 2.35 bits per heavy atom. The predicted octanol–water partition coefficient (Wildman–Crippen LogP) is 2.03. The van der Waals surface area contributed by atoms with Gasteiger partial charge in [-0.1, -0.05) is 17.7 Å². The van der Waals surface area contributed by atoms with E-state index in [2.05, 4.69) is 5.32 Å². The molecule has 90 valence electrons. The lowest BCUT2D eigenvalue weighted by Crippen LogP contribution is -2.36. The average molecular weight is 253 g/mol. The predicted molar refractivity (Wildman–Crippen MR) is 65.5 cm³/mol. The largest absolute Gasteiger partial charge is 0.439 e. The van der Waals surface area contributed by atoms with E-state index >= 15 is 0 Å². The van der Waals surface area contributed by atoms with Crippen LogP contribution in [-0.2, 0) is 4.74 Å². The monoisotopic (exact) mass is 252 g/mol. The number of anilines is 1. The highest BCUT2D eigenvalue weighted by Gasteiger charge is 2.47. The smallest absolute Gasteiger partial charge is 0.415 e. The van der Waals surface area contributed by atoms with Crippen molar-refractivity contribution in [2.75, 3.05) is 24.5 Å². The van der Waals surface area contributed by atoms with E-state index in [0.717, 1.165) is 25.2 Å². The summed E-state index contributed by atoms with van der Waals surface area (Å²) in [5.41, 5.74) is 0.450. The molecular weight excluding hydrogens is 240 g/mol. The molecule has 0 aliphatic carbocycles. The van der Waals surface area contributed by atoms with Gasteiger partial charge in [-0.05, 0) is 24.7 Å². The Morgan fingerprint density at radius 3 is 3.06 bits per heavy atom. The first-order chi connectivity index (χ1) is 8.19. The molecule has 1 amide bonds. The lowest BCUT2D eigenvalue weighted by molar-refractivity contribution is 0.0733. The lowest BCUT2D eigenvalue weighted by atomic mass is 10.0. The number of nitrogens with zero attached hydrogens (tertiary/aromatic N) is 1. The molecular formula is C12H13ClN2O2. The van der Waals surface area contributed by atoms with E-state index in [0.29, 0.717) is 11.6 Å². The van der Waals surface area contributed by atoms with Crippen LogP contribution in [0.3, 0.4) is 0 Å². The fourth-order valence-electron chi connectivity index (χ4n) is 2.41. The summed E-state index contributed by atoms with van der Waals surface area (Å²) in [6.07, 6.45) is 0.589. The van der Waals surface area contributed by atoms with Gasteiger partial charge in [-0.2, -0.15) is 0 Å². The zero-order valence-corrected chi connectivity index (χ0v) is 10.0. The zero-order valence-electron chi connectivity index (χ0n) is 9.28. The van der Waals surface area contributed by atoms with Gasteiger partial charge in [-0.15, -0.1) is 0 Å². The van der Waals surface area contributed by atoms with Gasteiger partial charge in [0.1, 0.15) is 5.60 Å². The first kappa shape index (κ1) is 10.9. The van der Waals surface area contributed by atoms with E-state index in [9.17, 15) is 4.79 Å². The second-order valence-corrected chi connectivity index (χ2v) is 4.98. The van der Waals surface area contributed by atoms with Crippen molar-refractivity contribution in [3.05, 3.63) is 29.3 Å². The highest BCUT2D eigenvalue weighted by molar-refractivity contribution is 6.30. The number of nitrogens with one attached hydrogen (secondary N) is 1. The number of amides is 1. The molecule has 5 heteroatoms. The molecule has 1 atom stereocenters. The molecule has 1 aromatic carbocycles. The summed E-state index contributed by atoms with van der Waals surface area (Å²) in [4.78, 5) is 13.5. The molecule has 0 bridgehead atoms. The summed E-state index contributed by atoms with van der Waals surface area (Å²) >= 11 is 5.93. The minimum atomic E-state index is -0.348. The number of benzene rings is 1. The maximum atomic E-state index is 11.9. The van der Waals surface area contributed by atoms with Crippen LogP contribution >= 0.6 is 11.6 Å². The van der Waals surface area contributed by atoms with Crippen molar-refractivity contribution in [3.63, 3.8) is 0 Å². The molecule has 0 unspecified atom stereocenters. The molecule has 2 heterocycles. The molecule has 4 nitrogen and oxygen atoms in total. The topological polar surface area (TPSA) is 41.6 Å². The maximum absolute atomic E-state index is 11.9. The van der Waals surface area contributed by atoms with Crippen LogP contribution in [-0.4, -0.2) is 31.3 Å². The average Bonchev–Trinajstić information content (AvgIpc) is 2.87. The minimum absolute atomic E-state index is 0.282. The van der Waals surface area contributed by atoms with Gasteiger partial charge in [0.2, 0.25) is 0 Å². The first-order valence-electron chi connectivity index (χ1n) is 5.65. The number of rotatable bonds is 1. The Bertz CT molecular complexity index is 458. The van der Waals surface area contributed by atoms with Crippen molar-refractivity contribution in [1.29, 1.82) is 0 Å². The third-order valence-corrected chi connectivity index (χ3v) is 3.53. The normalized spacial score (nSPS) is 27.8. The van der Waals surface area contributed by atoms with Crippen LogP contribution in [0.15, 0.2) is 24.3 Å². The third-order valence-electron chi connectivity index (χ3n) is 3.29. The molecule has 2 aliphatic rings. The summed E-state index contributed by atoms with van der Waals surface area (Å²) < 4.78 is 5.50. The third kappa shape index (κ3) is 1.87. The molecule has 2 aliphatic heterocycles. The van der Waals surface area contributed by atoms with Crippen LogP contribution in [0.4, 0.5) is 10.5 Å². The number of halogens is 1. The van der Waals surface area contributed by atoms with Gasteiger partial charge < -0.3 is 10.1 Å². The Balaban J connectivity index is 1.87. The quantitative estimate of drug-likeness (QED) is 0.832. The summed E-state index contributed by atoms with van der Waals surface area (Å²) in [6, 6.07) is 7.28. The van der Waals surface area contributed by atoms with Crippen molar-refractivity contribution in [2.24, 2.45) is 0 Å². The van der Waals surface area contributed by atoms with Crippen molar-refractivity contribution in [3.8, 4) is 0 Å². The summed E-state index contributed by atoms with van der Waals surface area (Å²) in [7, 11) is 0. The van der Waals surface area contributed by atoms with Gasteiger partial charge in [-0.25, -0.2) is 4.79 Å². The number of carbonyl (C=O) groups is 1. The Morgan fingerprint density at radius 1 is 1.47 bits per heavy atom. The zero-order chi connectivity index (χ0) is 11.9. The Kier molecular flexibility index (Phi) is 2.49. The highest BCUT2D eigenvalue weighted by Crippen LogP contribution is 2.32. The number of ether oxygens (including phenoxy) is 1. The Hall–Kier alpha value is -1.26. The maximum Gasteiger partial charge on any atom is 0.415 e. The molecule has 0 saturated carbocycles. The van der Waals surface area contributed by atoms with Crippen LogP contribution in [0.25, 0.3) is 0 Å². The molecule has 1 aromatic rings. The van der Waals surface area contributed by atoms with E-state index in [1.54, 1.807) is 17.0 Å². The summed E-state index contributed by atoms with van der Waals surface area (Å²) in [5, 5.41) is 3.85. The lowest BCUT2D eigenvalue weighted by Gasteiger charge is -2.19. The van der Waals surface area contributed by atoms with Crippen molar-refractivity contribution < 1.29 is 9.53 Å². The highest BCUT2D eigenvalue weighted by atomic mass is 35.5. The van der Waals surface area contributed by atoms with E-state index in [1.807, 2.05) is 12.1 Å². The molecule has 1 N–H and O–H groups in total. The second kappa shape index (κ2) is 3.89. The molecule has 17 heavy (non-hydrogen) atoms. The van der Waals surface area contributed by atoms with Crippen LogP contribution in [0.1, 0.15) is 6.42 Å². The fraction of sp³-hybridized carbons (Fsp3) is 0.417. The number of carbonyl (C=O) groups excluding carboxylic acids is 1. The molecule has 0 aromatic heterocycles. The van der Waals surface area contributed by atoms with Crippen LogP contribution in [0.2, 0.25) is 5.02 Å². The molecule has 1 spiro atoms. The molecule has 0 radical (unpaired) electrons. The molecule has 2 fully saturated rings. The number of hydrogen-bond acceptors (Lipinski definition) is 3. The van der Waals surface area contributed by atoms with Crippen molar-refractivity contribution in [2.45, 2.75) is 12.0 Å². The van der Waals surface area contributed by atoms with E-state index in [4.69, 9.17) is 16.3 Å². The van der Waals surface area contributed by atoms with Crippen molar-refractivity contribution in [1.82, 2.24) is 5.32 Å². The van der Waals surface area contributed by atoms with E-state index in [-0.39, 0.29) is 11.7 Å².